The molecule has 2 rings (SSSR count). The van der Waals surface area contributed by atoms with Gasteiger partial charge in [-0.1, -0.05) is 12.1 Å². The molecular formula is C14H15NO4. The highest BCUT2D eigenvalue weighted by Gasteiger charge is 2.37. The second-order valence-corrected chi connectivity index (χ2v) is 5.32. The van der Waals surface area contributed by atoms with Gasteiger partial charge in [-0.25, -0.2) is 0 Å². The molecule has 0 N–H and O–H groups in total. The standard InChI is InChI=1S/C14H15NO4/c1-14(2,3)19-11(16)8-15-10-7-5-4-6-9(10)12(17)13(15)18/h4-7H,8H2,1-3H3. The van der Waals surface area contributed by atoms with Crippen molar-refractivity contribution in [1.82, 2.24) is 0 Å². The quantitative estimate of drug-likeness (QED) is 0.598. The highest BCUT2D eigenvalue weighted by Crippen LogP contribution is 2.28. The number of carbonyl (C=O) groups is 3. The van der Waals surface area contributed by atoms with Gasteiger partial charge in [-0.15, -0.1) is 0 Å². The third kappa shape index (κ3) is 2.65. The maximum absolute atomic E-state index is 11.8. The van der Waals surface area contributed by atoms with E-state index in [1.807, 2.05) is 0 Å². The van der Waals surface area contributed by atoms with E-state index < -0.39 is 23.3 Å². The van der Waals surface area contributed by atoms with E-state index in [0.717, 1.165) is 4.90 Å². The van der Waals surface area contributed by atoms with Crippen LogP contribution >= 0.6 is 0 Å². The van der Waals surface area contributed by atoms with E-state index in [-0.39, 0.29) is 6.54 Å². The SMILES string of the molecule is CC(C)(C)OC(=O)CN1C(=O)C(=O)c2ccccc21. The summed E-state index contributed by atoms with van der Waals surface area (Å²) in [6.45, 7) is 4.99. The summed E-state index contributed by atoms with van der Waals surface area (Å²) in [6.07, 6.45) is 0. The van der Waals surface area contributed by atoms with Crippen molar-refractivity contribution < 1.29 is 19.1 Å². The molecule has 1 aromatic carbocycles. The van der Waals surface area contributed by atoms with Crippen LogP contribution in [0.15, 0.2) is 24.3 Å². The van der Waals surface area contributed by atoms with Crippen LogP contribution in [0.4, 0.5) is 5.69 Å². The van der Waals surface area contributed by atoms with Gasteiger partial charge in [0.1, 0.15) is 12.1 Å². The Kier molecular flexibility index (Phi) is 3.14. The molecule has 0 fully saturated rings. The molecule has 5 nitrogen and oxygen atoms in total. The van der Waals surface area contributed by atoms with Crippen LogP contribution in [0.3, 0.4) is 0 Å². The molecule has 1 aliphatic rings. The lowest BCUT2D eigenvalue weighted by molar-refractivity contribution is -0.153. The normalized spacial score (nSPS) is 14.6. The van der Waals surface area contributed by atoms with Gasteiger partial charge < -0.3 is 4.74 Å². The molecule has 100 valence electrons. The number of hydrogen-bond acceptors (Lipinski definition) is 4. The number of hydrogen-bond donors (Lipinski definition) is 0. The highest BCUT2D eigenvalue weighted by molar-refractivity contribution is 6.52. The summed E-state index contributed by atoms with van der Waals surface area (Å²) in [5, 5.41) is 0. The van der Waals surface area contributed by atoms with Crippen molar-refractivity contribution in [2.45, 2.75) is 26.4 Å². The average Bonchev–Trinajstić information content (AvgIpc) is 2.53. The first-order chi connectivity index (χ1) is 8.79. The highest BCUT2D eigenvalue weighted by atomic mass is 16.6. The number of benzene rings is 1. The Morgan fingerprint density at radius 1 is 1.21 bits per heavy atom. The molecule has 5 heteroatoms. The van der Waals surface area contributed by atoms with Crippen LogP contribution in [-0.2, 0) is 14.3 Å². The number of fused-ring (bicyclic) bond motifs is 1. The molecule has 0 aliphatic carbocycles. The lowest BCUT2D eigenvalue weighted by Gasteiger charge is -2.22. The van der Waals surface area contributed by atoms with Crippen LogP contribution in [0.5, 0.6) is 0 Å². The predicted molar refractivity (Wildman–Crippen MR) is 69.0 cm³/mol. The van der Waals surface area contributed by atoms with Gasteiger partial charge in [-0.05, 0) is 32.9 Å². The minimum Gasteiger partial charge on any atom is -0.459 e. The van der Waals surface area contributed by atoms with Gasteiger partial charge >= 0.3 is 5.97 Å². The molecule has 1 heterocycles. The molecule has 0 saturated heterocycles. The molecule has 1 aromatic rings. The Balaban J connectivity index is 2.20. The van der Waals surface area contributed by atoms with Gasteiger partial charge in [-0.2, -0.15) is 0 Å². The maximum Gasteiger partial charge on any atom is 0.326 e. The van der Waals surface area contributed by atoms with Crippen LogP contribution < -0.4 is 4.90 Å². The Hall–Kier alpha value is -2.17. The molecule has 0 saturated carbocycles. The van der Waals surface area contributed by atoms with Crippen LogP contribution in [0, 0.1) is 0 Å². The average molecular weight is 261 g/mol. The molecule has 0 radical (unpaired) electrons. The molecule has 1 amide bonds. The van der Waals surface area contributed by atoms with E-state index in [1.54, 1.807) is 45.0 Å². The monoisotopic (exact) mass is 261 g/mol. The number of ether oxygens (including phenoxy) is 1. The molecule has 0 unspecified atom stereocenters. The maximum atomic E-state index is 11.8. The largest absolute Gasteiger partial charge is 0.459 e. The number of ketones is 1. The number of esters is 1. The first kappa shape index (κ1) is 13.3. The summed E-state index contributed by atoms with van der Waals surface area (Å²) < 4.78 is 5.15. The predicted octanol–water partition coefficient (Wildman–Crippen LogP) is 1.56. The van der Waals surface area contributed by atoms with Crippen molar-refractivity contribution in [3.8, 4) is 0 Å². The van der Waals surface area contributed by atoms with E-state index in [0.29, 0.717) is 11.3 Å². The first-order valence-corrected chi connectivity index (χ1v) is 5.96. The first-order valence-electron chi connectivity index (χ1n) is 5.96. The third-order valence-electron chi connectivity index (χ3n) is 2.59. The van der Waals surface area contributed by atoms with Crippen molar-refractivity contribution in [3.63, 3.8) is 0 Å². The second-order valence-electron chi connectivity index (χ2n) is 5.32. The minimum absolute atomic E-state index is 0.251. The summed E-state index contributed by atoms with van der Waals surface area (Å²) in [7, 11) is 0. The van der Waals surface area contributed by atoms with Gasteiger partial charge in [0.2, 0.25) is 0 Å². The Morgan fingerprint density at radius 2 is 1.84 bits per heavy atom. The number of carbonyl (C=O) groups excluding carboxylic acids is 3. The molecule has 0 spiro atoms. The Labute approximate surface area is 111 Å². The van der Waals surface area contributed by atoms with Crippen molar-refractivity contribution in [2.75, 3.05) is 11.4 Å². The lowest BCUT2D eigenvalue weighted by Crippen LogP contribution is -2.38. The smallest absolute Gasteiger partial charge is 0.326 e. The van der Waals surface area contributed by atoms with E-state index >= 15 is 0 Å². The number of para-hydroxylation sites is 1. The number of nitrogens with zero attached hydrogens (tertiary/aromatic N) is 1. The number of amides is 1. The van der Waals surface area contributed by atoms with Crippen LogP contribution in [0.2, 0.25) is 0 Å². The number of rotatable bonds is 2. The summed E-state index contributed by atoms with van der Waals surface area (Å²) >= 11 is 0. The minimum atomic E-state index is -0.688. The summed E-state index contributed by atoms with van der Waals surface area (Å²) in [4.78, 5) is 36.5. The number of Topliss-reactive ketones (excluding diaryl/α,β-unsaturated/α-hetero) is 1. The van der Waals surface area contributed by atoms with Gasteiger partial charge in [0.15, 0.2) is 0 Å². The fourth-order valence-electron chi connectivity index (χ4n) is 1.91. The summed E-state index contributed by atoms with van der Waals surface area (Å²) in [5.41, 5.74) is 0.169. The van der Waals surface area contributed by atoms with E-state index in [4.69, 9.17) is 4.74 Å². The summed E-state index contributed by atoms with van der Waals surface area (Å²) in [5.74, 6) is -1.81. The lowest BCUT2D eigenvalue weighted by atomic mass is 10.1. The molecular weight excluding hydrogens is 246 g/mol. The molecule has 1 aliphatic heterocycles. The zero-order chi connectivity index (χ0) is 14.2. The molecule has 0 bridgehead atoms. The van der Waals surface area contributed by atoms with Crippen molar-refractivity contribution in [2.24, 2.45) is 0 Å². The molecule has 0 aromatic heterocycles. The zero-order valence-electron chi connectivity index (χ0n) is 11.1. The Bertz CT molecular complexity index is 557. The fourth-order valence-corrected chi connectivity index (χ4v) is 1.91. The van der Waals surface area contributed by atoms with Gasteiger partial charge in [0.05, 0.1) is 11.3 Å². The van der Waals surface area contributed by atoms with Crippen molar-refractivity contribution in [3.05, 3.63) is 29.8 Å². The summed E-state index contributed by atoms with van der Waals surface area (Å²) in [6, 6.07) is 6.61. The zero-order valence-corrected chi connectivity index (χ0v) is 11.1. The van der Waals surface area contributed by atoms with Crippen LogP contribution in [0.1, 0.15) is 31.1 Å². The second kappa shape index (κ2) is 4.50. The van der Waals surface area contributed by atoms with Gasteiger partial charge in [0, 0.05) is 0 Å². The van der Waals surface area contributed by atoms with E-state index in [2.05, 4.69) is 0 Å². The Morgan fingerprint density at radius 3 is 2.47 bits per heavy atom. The van der Waals surface area contributed by atoms with Gasteiger partial charge in [0.25, 0.3) is 11.7 Å². The van der Waals surface area contributed by atoms with Gasteiger partial charge in [-0.3, -0.25) is 19.3 Å². The van der Waals surface area contributed by atoms with Crippen LogP contribution in [0.25, 0.3) is 0 Å². The van der Waals surface area contributed by atoms with Crippen LogP contribution in [-0.4, -0.2) is 29.8 Å². The number of anilines is 1. The molecule has 0 atom stereocenters. The molecule has 19 heavy (non-hydrogen) atoms. The van der Waals surface area contributed by atoms with E-state index in [1.165, 1.54) is 0 Å². The van der Waals surface area contributed by atoms with Crippen molar-refractivity contribution >= 4 is 23.3 Å². The third-order valence-corrected chi connectivity index (χ3v) is 2.59. The van der Waals surface area contributed by atoms with E-state index in [9.17, 15) is 14.4 Å². The topological polar surface area (TPSA) is 63.7 Å². The fraction of sp³-hybridized carbons (Fsp3) is 0.357. The van der Waals surface area contributed by atoms with Crippen molar-refractivity contribution in [1.29, 1.82) is 0 Å².